The van der Waals surface area contributed by atoms with Gasteiger partial charge in [0.15, 0.2) is 0 Å². The summed E-state index contributed by atoms with van der Waals surface area (Å²) < 4.78 is 29.5. The highest BCUT2D eigenvalue weighted by molar-refractivity contribution is 7.87. The first-order valence-corrected chi connectivity index (χ1v) is 12.6. The van der Waals surface area contributed by atoms with Gasteiger partial charge in [-0.05, 0) is 52.3 Å². The minimum atomic E-state index is -4.09. The van der Waals surface area contributed by atoms with Crippen LogP contribution in [0.4, 0.5) is 5.69 Å². The lowest BCUT2D eigenvalue weighted by Gasteiger charge is -2.34. The molecular weight excluding hydrogens is 503 g/mol. The van der Waals surface area contributed by atoms with Gasteiger partial charge in [0.1, 0.15) is 5.54 Å². The van der Waals surface area contributed by atoms with Gasteiger partial charge in [0.25, 0.3) is 16.1 Å². The monoisotopic (exact) mass is 530 g/mol. The van der Waals surface area contributed by atoms with E-state index in [1.165, 1.54) is 23.6 Å². The average molecular weight is 531 g/mol. The number of nitrogens with zero attached hydrogens (tertiary/aromatic N) is 2. The minimum absolute atomic E-state index is 0.0788. The third-order valence-electron chi connectivity index (χ3n) is 4.97. The minimum Gasteiger partial charge on any atom is -0.480 e. The largest absolute Gasteiger partial charge is 0.480 e. The predicted molar refractivity (Wildman–Crippen MR) is 133 cm³/mol. The van der Waals surface area contributed by atoms with Crippen LogP contribution in [0.15, 0.2) is 36.7 Å². The number of anilines is 1. The fourth-order valence-electron chi connectivity index (χ4n) is 3.58. The molecule has 2 aromatic rings. The van der Waals surface area contributed by atoms with Crippen molar-refractivity contribution >= 4 is 51.0 Å². The first kappa shape index (κ1) is 28.0. The number of carboxylic acid groups (broad SMARTS) is 1. The van der Waals surface area contributed by atoms with Crippen LogP contribution in [0.5, 0.6) is 0 Å². The topological polar surface area (TPSA) is 129 Å². The van der Waals surface area contributed by atoms with Gasteiger partial charge in [-0.1, -0.05) is 35.3 Å². The van der Waals surface area contributed by atoms with Crippen molar-refractivity contribution < 1.29 is 23.1 Å². The van der Waals surface area contributed by atoms with E-state index in [0.29, 0.717) is 11.3 Å². The van der Waals surface area contributed by atoms with Crippen molar-refractivity contribution in [1.82, 2.24) is 14.0 Å². The lowest BCUT2D eigenvalue weighted by Crippen LogP contribution is -2.59. The lowest BCUT2D eigenvalue weighted by molar-refractivity contribution is -0.143. The summed E-state index contributed by atoms with van der Waals surface area (Å²) in [5.41, 5.74) is -0.758. The highest BCUT2D eigenvalue weighted by Crippen LogP contribution is 2.25. The number of carbonyl (C=O) groups is 2. The molecule has 1 amide bonds. The summed E-state index contributed by atoms with van der Waals surface area (Å²) >= 11 is 12.0. The van der Waals surface area contributed by atoms with Crippen molar-refractivity contribution in [2.45, 2.75) is 58.7 Å². The second-order valence-electron chi connectivity index (χ2n) is 8.57. The van der Waals surface area contributed by atoms with Gasteiger partial charge in [-0.3, -0.25) is 14.6 Å². The van der Waals surface area contributed by atoms with Crippen molar-refractivity contribution in [2.24, 2.45) is 0 Å². The van der Waals surface area contributed by atoms with Gasteiger partial charge in [0.05, 0.1) is 15.6 Å². The molecule has 0 unspecified atom stereocenters. The number of carboxylic acids is 1. The molecule has 1 atom stereocenters. The molecule has 0 spiro atoms. The number of halogens is 2. The number of carbonyl (C=O) groups excluding carboxylic acids is 1. The maximum atomic E-state index is 13.0. The first-order chi connectivity index (χ1) is 15.7. The number of rotatable bonds is 10. The standard InChI is InChI=1S/C22H28Cl2N4O5S/c1-13(2)28(14(3)4)34(32,33)27-22(5,21(30)31)10-15-6-8-16(9-7-15)26-20(29)19-17(23)11-25-12-18(19)24/h6-9,11-14,27H,10H2,1-5H3,(H,26,29)(H,30,31)/t22-/m0/s1. The van der Waals surface area contributed by atoms with Crippen LogP contribution in [0.2, 0.25) is 10.0 Å². The molecule has 9 nitrogen and oxygen atoms in total. The third-order valence-corrected chi connectivity index (χ3v) is 7.65. The molecule has 0 saturated heterocycles. The highest BCUT2D eigenvalue weighted by Gasteiger charge is 2.41. The molecule has 34 heavy (non-hydrogen) atoms. The Morgan fingerprint density at radius 3 is 2.00 bits per heavy atom. The molecule has 186 valence electrons. The summed E-state index contributed by atoms with van der Waals surface area (Å²) in [6.45, 7) is 8.19. The molecule has 0 fully saturated rings. The van der Waals surface area contributed by atoms with Crippen molar-refractivity contribution in [2.75, 3.05) is 5.32 Å². The zero-order valence-electron chi connectivity index (χ0n) is 19.5. The van der Waals surface area contributed by atoms with Gasteiger partial charge in [-0.2, -0.15) is 17.4 Å². The number of benzene rings is 1. The first-order valence-electron chi connectivity index (χ1n) is 10.4. The molecule has 0 aliphatic heterocycles. The predicted octanol–water partition coefficient (Wildman–Crippen LogP) is 3.98. The Bertz CT molecular complexity index is 1130. The molecular formula is C22H28Cl2N4O5S. The second-order valence-corrected chi connectivity index (χ2v) is 11.0. The number of hydrogen-bond acceptors (Lipinski definition) is 5. The van der Waals surface area contributed by atoms with Crippen LogP contribution in [0.25, 0.3) is 0 Å². The molecule has 0 radical (unpaired) electrons. The maximum absolute atomic E-state index is 13.0. The molecule has 1 heterocycles. The zero-order valence-corrected chi connectivity index (χ0v) is 21.8. The maximum Gasteiger partial charge on any atom is 0.324 e. The Hall–Kier alpha value is -2.24. The Labute approximate surface area is 209 Å². The summed E-state index contributed by atoms with van der Waals surface area (Å²) in [5, 5.41) is 12.7. The van der Waals surface area contributed by atoms with E-state index in [0.717, 1.165) is 0 Å². The number of nitrogens with one attached hydrogen (secondary N) is 2. The smallest absolute Gasteiger partial charge is 0.324 e. The van der Waals surface area contributed by atoms with Gasteiger partial charge >= 0.3 is 5.97 Å². The zero-order chi connectivity index (χ0) is 25.8. The molecule has 1 aromatic heterocycles. The van der Waals surface area contributed by atoms with E-state index in [1.807, 2.05) is 0 Å². The Morgan fingerprint density at radius 1 is 1.06 bits per heavy atom. The summed E-state index contributed by atoms with van der Waals surface area (Å²) in [6, 6.07) is 5.62. The van der Waals surface area contributed by atoms with E-state index in [2.05, 4.69) is 15.0 Å². The van der Waals surface area contributed by atoms with Crippen LogP contribution in [-0.2, 0) is 21.4 Å². The number of aromatic nitrogens is 1. The number of aliphatic carboxylic acids is 1. The summed E-state index contributed by atoms with van der Waals surface area (Å²) in [7, 11) is -4.09. The van der Waals surface area contributed by atoms with Gasteiger partial charge in [0, 0.05) is 36.6 Å². The Balaban J connectivity index is 2.22. The van der Waals surface area contributed by atoms with Gasteiger partial charge in [-0.25, -0.2) is 0 Å². The van der Waals surface area contributed by atoms with E-state index in [-0.39, 0.29) is 34.1 Å². The molecule has 0 bridgehead atoms. The van der Waals surface area contributed by atoms with Crippen LogP contribution in [0.3, 0.4) is 0 Å². The molecule has 0 aliphatic carbocycles. The van der Waals surface area contributed by atoms with Gasteiger partial charge in [-0.15, -0.1) is 0 Å². The summed E-state index contributed by atoms with van der Waals surface area (Å²) in [6.07, 6.45) is 2.49. The molecule has 2 rings (SSSR count). The van der Waals surface area contributed by atoms with E-state index >= 15 is 0 Å². The van der Waals surface area contributed by atoms with Gasteiger partial charge < -0.3 is 10.4 Å². The Kier molecular flexibility index (Phi) is 9.06. The number of pyridine rings is 1. The molecule has 0 aliphatic rings. The van der Waals surface area contributed by atoms with Crippen molar-refractivity contribution in [3.05, 3.63) is 57.8 Å². The Morgan fingerprint density at radius 2 is 1.56 bits per heavy atom. The van der Waals surface area contributed by atoms with E-state index in [1.54, 1.807) is 52.0 Å². The van der Waals surface area contributed by atoms with Crippen LogP contribution in [0.1, 0.15) is 50.5 Å². The second kappa shape index (κ2) is 11.0. The highest BCUT2D eigenvalue weighted by atomic mass is 35.5. The SMILES string of the molecule is CC(C)N(C(C)C)S(=O)(=O)N[C@@](C)(Cc1ccc(NC(=O)c2c(Cl)cncc2Cl)cc1)C(=O)O. The normalized spacial score (nSPS) is 13.8. The van der Waals surface area contributed by atoms with E-state index < -0.39 is 27.6 Å². The molecule has 0 saturated carbocycles. The van der Waals surface area contributed by atoms with Crippen molar-refractivity contribution in [3.8, 4) is 0 Å². The summed E-state index contributed by atoms with van der Waals surface area (Å²) in [4.78, 5) is 28.4. The quantitative estimate of drug-likeness (QED) is 0.426. The number of amides is 1. The molecule has 12 heteroatoms. The van der Waals surface area contributed by atoms with E-state index in [9.17, 15) is 23.1 Å². The molecule has 1 aromatic carbocycles. The number of hydrogen-bond donors (Lipinski definition) is 3. The fourth-order valence-corrected chi connectivity index (χ4v) is 6.06. The van der Waals surface area contributed by atoms with Crippen molar-refractivity contribution in [1.29, 1.82) is 0 Å². The summed E-state index contributed by atoms with van der Waals surface area (Å²) in [5.74, 6) is -1.85. The van der Waals surface area contributed by atoms with Gasteiger partial charge in [0.2, 0.25) is 0 Å². The van der Waals surface area contributed by atoms with Crippen LogP contribution in [0, 0.1) is 0 Å². The third kappa shape index (κ3) is 6.67. The van der Waals surface area contributed by atoms with Crippen LogP contribution in [-0.4, -0.2) is 52.3 Å². The van der Waals surface area contributed by atoms with Crippen LogP contribution >= 0.6 is 23.2 Å². The average Bonchev–Trinajstić information content (AvgIpc) is 2.67. The van der Waals surface area contributed by atoms with Crippen LogP contribution < -0.4 is 10.0 Å². The van der Waals surface area contributed by atoms with E-state index in [4.69, 9.17) is 23.2 Å². The fraction of sp³-hybridized carbons (Fsp3) is 0.409. The molecule has 3 N–H and O–H groups in total. The van der Waals surface area contributed by atoms with Crippen molar-refractivity contribution in [3.63, 3.8) is 0 Å². The lowest BCUT2D eigenvalue weighted by atomic mass is 9.94.